The van der Waals surface area contributed by atoms with Crippen LogP contribution in [0.15, 0.2) is 48.5 Å². The van der Waals surface area contributed by atoms with Gasteiger partial charge in [-0.3, -0.25) is 0 Å². The summed E-state index contributed by atoms with van der Waals surface area (Å²) in [5, 5.41) is 5.82. The molecule has 0 unspecified atom stereocenters. The highest BCUT2D eigenvalue weighted by Crippen LogP contribution is 2.23. The van der Waals surface area contributed by atoms with Crippen molar-refractivity contribution < 1.29 is 9.53 Å². The van der Waals surface area contributed by atoms with Crippen molar-refractivity contribution in [3.05, 3.63) is 59.7 Å². The smallest absolute Gasteiger partial charge is 0.319 e. The van der Waals surface area contributed by atoms with Crippen molar-refractivity contribution in [1.82, 2.24) is 5.32 Å². The van der Waals surface area contributed by atoms with Gasteiger partial charge < -0.3 is 15.4 Å². The molecule has 1 aliphatic heterocycles. The van der Waals surface area contributed by atoms with E-state index in [1.54, 1.807) is 0 Å². The van der Waals surface area contributed by atoms with Gasteiger partial charge in [-0.2, -0.15) is 0 Å². The van der Waals surface area contributed by atoms with Crippen LogP contribution in [0.25, 0.3) is 0 Å². The number of ether oxygens (including phenoxy) is 1. The highest BCUT2D eigenvalue weighted by molar-refractivity contribution is 5.89. The molecule has 0 aliphatic carbocycles. The first kappa shape index (κ1) is 14.4. The third kappa shape index (κ3) is 3.39. The van der Waals surface area contributed by atoms with Crippen molar-refractivity contribution in [2.45, 2.75) is 25.8 Å². The number of benzene rings is 2. The third-order valence-corrected chi connectivity index (χ3v) is 3.83. The maximum atomic E-state index is 12.1. The monoisotopic (exact) mass is 296 g/mol. The number of para-hydroxylation sites is 1. The zero-order valence-corrected chi connectivity index (χ0v) is 12.6. The number of urea groups is 1. The fourth-order valence-electron chi connectivity index (χ4n) is 2.60. The van der Waals surface area contributed by atoms with Crippen LogP contribution in [-0.2, 0) is 12.8 Å². The Morgan fingerprint density at radius 3 is 2.73 bits per heavy atom. The summed E-state index contributed by atoms with van der Waals surface area (Å²) in [6.45, 7) is 2.61. The van der Waals surface area contributed by atoms with Crippen molar-refractivity contribution in [2.75, 3.05) is 11.9 Å². The van der Waals surface area contributed by atoms with Gasteiger partial charge in [-0.1, -0.05) is 37.3 Å². The molecule has 2 amide bonds. The Hall–Kier alpha value is -2.49. The summed E-state index contributed by atoms with van der Waals surface area (Å²) >= 11 is 0. The molecule has 0 fully saturated rings. The minimum atomic E-state index is -0.197. The molecule has 0 saturated carbocycles. The topological polar surface area (TPSA) is 50.4 Å². The number of nitrogens with one attached hydrogen (secondary N) is 2. The number of aryl methyl sites for hydroxylation is 1. The van der Waals surface area contributed by atoms with E-state index in [1.807, 2.05) is 48.5 Å². The summed E-state index contributed by atoms with van der Waals surface area (Å²) in [6.07, 6.45) is 1.78. The van der Waals surface area contributed by atoms with E-state index in [1.165, 1.54) is 5.56 Å². The maximum absolute atomic E-state index is 12.1. The van der Waals surface area contributed by atoms with Crippen LogP contribution in [0.2, 0.25) is 0 Å². The summed E-state index contributed by atoms with van der Waals surface area (Å²) in [6, 6.07) is 15.6. The number of anilines is 1. The number of fused-ring (bicyclic) bond motifs is 1. The van der Waals surface area contributed by atoms with Crippen molar-refractivity contribution in [1.29, 1.82) is 0 Å². The van der Waals surface area contributed by atoms with Gasteiger partial charge in [0.2, 0.25) is 0 Å². The van der Waals surface area contributed by atoms with Crippen molar-refractivity contribution in [3.63, 3.8) is 0 Å². The Kier molecular flexibility index (Phi) is 4.28. The van der Waals surface area contributed by atoms with Gasteiger partial charge in [-0.15, -0.1) is 0 Å². The fraction of sp³-hybridized carbons (Fsp3) is 0.278. The second-order valence-electron chi connectivity index (χ2n) is 5.47. The van der Waals surface area contributed by atoms with Gasteiger partial charge in [0.1, 0.15) is 12.4 Å². The van der Waals surface area contributed by atoms with E-state index in [0.29, 0.717) is 6.61 Å². The molecule has 1 aliphatic rings. The number of amides is 2. The Balaban J connectivity index is 1.56. The standard InChI is InChI=1S/C18H20N2O2/c1-2-13-7-9-15(10-8-13)19-18(21)20-16-11-14-5-3-4-6-17(14)22-12-16/h3-10,16H,2,11-12H2,1H3,(H2,19,20,21)/t16-/m0/s1. The van der Waals surface area contributed by atoms with E-state index < -0.39 is 0 Å². The SMILES string of the molecule is CCc1ccc(NC(=O)N[C@@H]2COc3ccccc3C2)cc1. The van der Waals surface area contributed by atoms with Crippen LogP contribution in [0.5, 0.6) is 5.75 Å². The van der Waals surface area contributed by atoms with Crippen LogP contribution >= 0.6 is 0 Å². The number of hydrogen-bond acceptors (Lipinski definition) is 2. The minimum Gasteiger partial charge on any atom is -0.491 e. The van der Waals surface area contributed by atoms with Crippen LogP contribution in [0.4, 0.5) is 10.5 Å². The molecule has 22 heavy (non-hydrogen) atoms. The molecule has 0 saturated heterocycles. The van der Waals surface area contributed by atoms with Crippen LogP contribution in [0.1, 0.15) is 18.1 Å². The molecule has 0 radical (unpaired) electrons. The average Bonchev–Trinajstić information content (AvgIpc) is 2.55. The van der Waals surface area contributed by atoms with E-state index in [9.17, 15) is 4.79 Å². The predicted octanol–water partition coefficient (Wildman–Crippen LogP) is 3.37. The lowest BCUT2D eigenvalue weighted by Crippen LogP contribution is -2.44. The van der Waals surface area contributed by atoms with Crippen molar-refractivity contribution in [2.24, 2.45) is 0 Å². The Morgan fingerprint density at radius 1 is 1.18 bits per heavy atom. The zero-order chi connectivity index (χ0) is 15.4. The lowest BCUT2D eigenvalue weighted by Gasteiger charge is -2.26. The normalized spacial score (nSPS) is 16.3. The molecule has 4 heteroatoms. The molecule has 1 atom stereocenters. The molecule has 4 nitrogen and oxygen atoms in total. The molecule has 114 valence electrons. The second kappa shape index (κ2) is 6.52. The van der Waals surface area contributed by atoms with E-state index in [0.717, 1.165) is 29.8 Å². The highest BCUT2D eigenvalue weighted by Gasteiger charge is 2.20. The first-order chi connectivity index (χ1) is 10.7. The predicted molar refractivity (Wildman–Crippen MR) is 87.4 cm³/mol. The van der Waals surface area contributed by atoms with E-state index in [-0.39, 0.29) is 12.1 Å². The Labute approximate surface area is 130 Å². The summed E-state index contributed by atoms with van der Waals surface area (Å²) in [5.41, 5.74) is 3.18. The maximum Gasteiger partial charge on any atom is 0.319 e. The number of rotatable bonds is 3. The van der Waals surface area contributed by atoms with Crippen molar-refractivity contribution >= 4 is 11.7 Å². The molecular weight excluding hydrogens is 276 g/mol. The molecule has 0 aromatic heterocycles. The first-order valence-corrected chi connectivity index (χ1v) is 7.62. The lowest BCUT2D eigenvalue weighted by molar-refractivity contribution is 0.222. The molecule has 0 bridgehead atoms. The Morgan fingerprint density at radius 2 is 1.95 bits per heavy atom. The van der Waals surface area contributed by atoms with Gasteiger partial charge in [0.15, 0.2) is 0 Å². The molecule has 2 N–H and O–H groups in total. The van der Waals surface area contributed by atoms with Crippen LogP contribution < -0.4 is 15.4 Å². The van der Waals surface area contributed by atoms with Gasteiger partial charge in [-0.25, -0.2) is 4.79 Å². The van der Waals surface area contributed by atoms with Gasteiger partial charge >= 0.3 is 6.03 Å². The van der Waals surface area contributed by atoms with E-state index in [2.05, 4.69) is 17.6 Å². The minimum absolute atomic E-state index is 0.00943. The molecule has 1 heterocycles. The highest BCUT2D eigenvalue weighted by atomic mass is 16.5. The summed E-state index contributed by atoms with van der Waals surface area (Å²) < 4.78 is 5.67. The molecular formula is C18H20N2O2. The van der Waals surface area contributed by atoms with Crippen LogP contribution in [-0.4, -0.2) is 18.7 Å². The summed E-state index contributed by atoms with van der Waals surface area (Å²) in [5.74, 6) is 0.913. The molecule has 3 rings (SSSR count). The molecule has 2 aromatic carbocycles. The first-order valence-electron chi connectivity index (χ1n) is 7.62. The van der Waals surface area contributed by atoms with E-state index >= 15 is 0 Å². The zero-order valence-electron chi connectivity index (χ0n) is 12.6. The third-order valence-electron chi connectivity index (χ3n) is 3.83. The quantitative estimate of drug-likeness (QED) is 0.912. The van der Waals surface area contributed by atoms with E-state index in [4.69, 9.17) is 4.74 Å². The van der Waals surface area contributed by atoms with Gasteiger partial charge in [0.05, 0.1) is 6.04 Å². The second-order valence-corrected chi connectivity index (χ2v) is 5.47. The number of carbonyl (C=O) groups excluding carboxylic acids is 1. The average molecular weight is 296 g/mol. The summed E-state index contributed by atoms with van der Waals surface area (Å²) in [4.78, 5) is 12.1. The Bertz CT molecular complexity index is 652. The lowest BCUT2D eigenvalue weighted by atomic mass is 10.0. The fourth-order valence-corrected chi connectivity index (χ4v) is 2.60. The van der Waals surface area contributed by atoms with Gasteiger partial charge in [0.25, 0.3) is 0 Å². The van der Waals surface area contributed by atoms with Crippen LogP contribution in [0, 0.1) is 0 Å². The van der Waals surface area contributed by atoms with Crippen LogP contribution in [0.3, 0.4) is 0 Å². The van der Waals surface area contributed by atoms with Gasteiger partial charge in [-0.05, 0) is 42.2 Å². The number of carbonyl (C=O) groups is 1. The van der Waals surface area contributed by atoms with Gasteiger partial charge in [0, 0.05) is 5.69 Å². The molecule has 2 aromatic rings. The largest absolute Gasteiger partial charge is 0.491 e. The summed E-state index contributed by atoms with van der Waals surface area (Å²) in [7, 11) is 0. The van der Waals surface area contributed by atoms with Crippen molar-refractivity contribution in [3.8, 4) is 5.75 Å². The molecule has 0 spiro atoms. The number of hydrogen-bond donors (Lipinski definition) is 2.